The molecule has 21 heavy (non-hydrogen) atoms. The number of rotatable bonds is 1. The van der Waals surface area contributed by atoms with Crippen LogP contribution in [0.2, 0.25) is 0 Å². The third kappa shape index (κ3) is 3.59. The lowest BCUT2D eigenvalue weighted by molar-refractivity contribution is 0.0673. The first-order chi connectivity index (χ1) is 9.65. The number of hydrogen-bond donors (Lipinski definition) is 1. The SMILES string of the molecule is I.NC(=NC1COc2cc(F)c(Br)cc21)N1CCOCC1. The minimum Gasteiger partial charge on any atom is -0.491 e. The van der Waals surface area contributed by atoms with Crippen LogP contribution in [0.1, 0.15) is 11.6 Å². The molecule has 0 radical (unpaired) electrons. The number of hydrogen-bond acceptors (Lipinski definition) is 3. The van der Waals surface area contributed by atoms with Gasteiger partial charge in [0, 0.05) is 24.7 Å². The van der Waals surface area contributed by atoms with Gasteiger partial charge in [-0.2, -0.15) is 0 Å². The van der Waals surface area contributed by atoms with Gasteiger partial charge in [-0.15, -0.1) is 24.0 Å². The standard InChI is InChI=1S/C13H15BrFN3O2.HI/c14-9-5-8-11(7-20-12(8)6-10(9)15)17-13(16)18-1-3-19-4-2-18;/h5-6,11H,1-4,7H2,(H2,16,17);1H. The number of aliphatic imine (C=N–C) groups is 1. The van der Waals surface area contributed by atoms with Gasteiger partial charge in [-0.05, 0) is 22.0 Å². The normalized spacial score (nSPS) is 21.5. The molecule has 0 aliphatic carbocycles. The first-order valence-corrected chi connectivity index (χ1v) is 7.22. The lowest BCUT2D eigenvalue weighted by atomic mass is 10.1. The topological polar surface area (TPSA) is 60.1 Å². The summed E-state index contributed by atoms with van der Waals surface area (Å²) in [6.45, 7) is 3.18. The molecule has 0 bridgehead atoms. The predicted octanol–water partition coefficient (Wildman–Crippen LogP) is 2.29. The maximum Gasteiger partial charge on any atom is 0.192 e. The average Bonchev–Trinajstić information content (AvgIpc) is 2.83. The smallest absolute Gasteiger partial charge is 0.192 e. The Hall–Kier alpha value is -0.610. The Morgan fingerprint density at radius 2 is 2.10 bits per heavy atom. The summed E-state index contributed by atoms with van der Waals surface area (Å²) in [5.74, 6) is 0.680. The van der Waals surface area contributed by atoms with E-state index in [1.165, 1.54) is 6.07 Å². The first kappa shape index (κ1) is 16.8. The van der Waals surface area contributed by atoms with Crippen LogP contribution in [0, 0.1) is 5.82 Å². The van der Waals surface area contributed by atoms with Gasteiger partial charge in [0.1, 0.15) is 24.2 Å². The van der Waals surface area contributed by atoms with E-state index in [1.54, 1.807) is 6.07 Å². The molecule has 0 aromatic heterocycles. The van der Waals surface area contributed by atoms with E-state index < -0.39 is 0 Å². The van der Waals surface area contributed by atoms with Gasteiger partial charge in [0.2, 0.25) is 0 Å². The van der Waals surface area contributed by atoms with Crippen molar-refractivity contribution in [2.75, 3.05) is 32.9 Å². The maximum absolute atomic E-state index is 13.4. The van der Waals surface area contributed by atoms with Crippen LogP contribution in [-0.2, 0) is 4.74 Å². The Kier molecular flexibility index (Phi) is 5.67. The van der Waals surface area contributed by atoms with Crippen LogP contribution in [0.4, 0.5) is 4.39 Å². The molecule has 0 amide bonds. The molecular formula is C13H16BrFIN3O2. The third-order valence-electron chi connectivity index (χ3n) is 3.43. The van der Waals surface area contributed by atoms with E-state index in [0.717, 1.165) is 18.7 Å². The van der Waals surface area contributed by atoms with Gasteiger partial charge < -0.3 is 20.1 Å². The van der Waals surface area contributed by atoms with Crippen LogP contribution in [-0.4, -0.2) is 43.8 Å². The van der Waals surface area contributed by atoms with Crippen LogP contribution in [0.25, 0.3) is 0 Å². The summed E-state index contributed by atoms with van der Waals surface area (Å²) in [5.41, 5.74) is 6.89. The van der Waals surface area contributed by atoms with E-state index in [1.807, 2.05) is 4.90 Å². The van der Waals surface area contributed by atoms with Gasteiger partial charge in [0.15, 0.2) is 5.96 Å². The van der Waals surface area contributed by atoms with Crippen molar-refractivity contribution in [3.63, 3.8) is 0 Å². The summed E-state index contributed by atoms with van der Waals surface area (Å²) in [7, 11) is 0. The summed E-state index contributed by atoms with van der Waals surface area (Å²) in [6.07, 6.45) is 0. The molecule has 3 rings (SSSR count). The zero-order chi connectivity index (χ0) is 14.1. The van der Waals surface area contributed by atoms with Crippen molar-refractivity contribution in [1.29, 1.82) is 0 Å². The van der Waals surface area contributed by atoms with Crippen molar-refractivity contribution in [2.45, 2.75) is 6.04 Å². The van der Waals surface area contributed by atoms with E-state index in [9.17, 15) is 4.39 Å². The Bertz CT molecular complexity index is 552. The fourth-order valence-corrected chi connectivity index (χ4v) is 2.69. The van der Waals surface area contributed by atoms with Crippen molar-refractivity contribution in [3.05, 3.63) is 28.0 Å². The van der Waals surface area contributed by atoms with Crippen LogP contribution >= 0.6 is 39.9 Å². The average molecular weight is 472 g/mol. The Morgan fingerprint density at radius 3 is 2.81 bits per heavy atom. The molecule has 2 aliphatic rings. The molecule has 116 valence electrons. The molecule has 5 nitrogen and oxygen atoms in total. The molecule has 1 fully saturated rings. The maximum atomic E-state index is 13.4. The number of morpholine rings is 1. The van der Waals surface area contributed by atoms with E-state index >= 15 is 0 Å². The highest BCUT2D eigenvalue weighted by Crippen LogP contribution is 2.37. The van der Waals surface area contributed by atoms with Gasteiger partial charge in [-0.1, -0.05) is 0 Å². The minimum absolute atomic E-state index is 0. The summed E-state index contributed by atoms with van der Waals surface area (Å²) in [6, 6.07) is 2.89. The van der Waals surface area contributed by atoms with E-state index in [4.69, 9.17) is 15.2 Å². The van der Waals surface area contributed by atoms with Gasteiger partial charge in [-0.25, -0.2) is 9.38 Å². The molecule has 1 atom stereocenters. The fourth-order valence-electron chi connectivity index (χ4n) is 2.33. The van der Waals surface area contributed by atoms with E-state index in [0.29, 0.717) is 36.0 Å². The molecule has 1 aromatic rings. The Labute approximate surface area is 147 Å². The van der Waals surface area contributed by atoms with Crippen LogP contribution < -0.4 is 10.5 Å². The number of nitrogens with zero attached hydrogens (tertiary/aromatic N) is 2. The zero-order valence-electron chi connectivity index (χ0n) is 11.2. The summed E-state index contributed by atoms with van der Waals surface area (Å²) in [4.78, 5) is 6.49. The Morgan fingerprint density at radius 1 is 1.38 bits per heavy atom. The summed E-state index contributed by atoms with van der Waals surface area (Å²) < 4.78 is 24.6. The van der Waals surface area contributed by atoms with Crippen molar-refractivity contribution in [1.82, 2.24) is 4.90 Å². The van der Waals surface area contributed by atoms with Crippen molar-refractivity contribution in [2.24, 2.45) is 10.7 Å². The second-order valence-corrected chi connectivity index (χ2v) is 5.57. The summed E-state index contributed by atoms with van der Waals surface area (Å²) >= 11 is 3.18. The molecular weight excluding hydrogens is 456 g/mol. The Balaban J connectivity index is 0.00000161. The lowest BCUT2D eigenvalue weighted by Gasteiger charge is -2.28. The molecule has 0 spiro atoms. The molecule has 1 unspecified atom stereocenters. The van der Waals surface area contributed by atoms with Gasteiger partial charge in [-0.3, -0.25) is 0 Å². The highest BCUT2D eigenvalue weighted by atomic mass is 127. The van der Waals surface area contributed by atoms with Crippen molar-refractivity contribution in [3.8, 4) is 5.75 Å². The van der Waals surface area contributed by atoms with Gasteiger partial charge in [0.05, 0.1) is 17.7 Å². The molecule has 8 heteroatoms. The highest BCUT2D eigenvalue weighted by molar-refractivity contribution is 14.0. The van der Waals surface area contributed by atoms with Crippen molar-refractivity contribution >= 4 is 45.9 Å². The number of ether oxygens (including phenoxy) is 2. The highest BCUT2D eigenvalue weighted by Gasteiger charge is 2.26. The minimum atomic E-state index is -0.338. The largest absolute Gasteiger partial charge is 0.491 e. The number of guanidine groups is 1. The van der Waals surface area contributed by atoms with E-state index in [-0.39, 0.29) is 35.8 Å². The molecule has 0 saturated carbocycles. The van der Waals surface area contributed by atoms with Crippen LogP contribution in [0.15, 0.2) is 21.6 Å². The fraction of sp³-hybridized carbons (Fsp3) is 0.462. The molecule has 2 heterocycles. The number of benzene rings is 1. The molecule has 2 N–H and O–H groups in total. The second kappa shape index (κ2) is 7.10. The van der Waals surface area contributed by atoms with Gasteiger partial charge >= 0.3 is 0 Å². The van der Waals surface area contributed by atoms with Gasteiger partial charge in [0.25, 0.3) is 0 Å². The number of halogens is 3. The zero-order valence-corrected chi connectivity index (χ0v) is 15.1. The van der Waals surface area contributed by atoms with Crippen molar-refractivity contribution < 1.29 is 13.9 Å². The number of fused-ring (bicyclic) bond motifs is 1. The molecule has 2 aliphatic heterocycles. The molecule has 1 saturated heterocycles. The summed E-state index contributed by atoms with van der Waals surface area (Å²) in [5, 5.41) is 0. The first-order valence-electron chi connectivity index (χ1n) is 6.43. The second-order valence-electron chi connectivity index (χ2n) is 4.72. The van der Waals surface area contributed by atoms with Crippen LogP contribution in [0.3, 0.4) is 0 Å². The van der Waals surface area contributed by atoms with Crippen LogP contribution in [0.5, 0.6) is 5.75 Å². The van der Waals surface area contributed by atoms with E-state index in [2.05, 4.69) is 20.9 Å². The third-order valence-corrected chi connectivity index (χ3v) is 4.04. The predicted molar refractivity (Wildman–Crippen MR) is 91.8 cm³/mol. The number of nitrogens with two attached hydrogens (primary N) is 1. The molecule has 1 aromatic carbocycles. The lowest BCUT2D eigenvalue weighted by Crippen LogP contribution is -2.45. The monoisotopic (exact) mass is 471 g/mol. The quantitative estimate of drug-likeness (QED) is 0.388.